The minimum Gasteiger partial charge on any atom is -0.477 e. The zero-order valence-corrected chi connectivity index (χ0v) is 15.1. The highest BCUT2D eigenvalue weighted by atomic mass is 16.5. The predicted octanol–water partition coefficient (Wildman–Crippen LogP) is 3.21. The molecule has 1 aliphatic heterocycles. The number of hydrogen-bond donors (Lipinski definition) is 1. The predicted molar refractivity (Wildman–Crippen MR) is 97.3 cm³/mol. The van der Waals surface area contributed by atoms with Crippen molar-refractivity contribution >= 4 is 5.96 Å². The van der Waals surface area contributed by atoms with Gasteiger partial charge in [-0.2, -0.15) is 0 Å². The van der Waals surface area contributed by atoms with Crippen molar-refractivity contribution in [3.8, 4) is 5.88 Å². The molecular formula is C19H30N4O. The topological polar surface area (TPSA) is 49.8 Å². The minimum absolute atomic E-state index is 0.583. The summed E-state index contributed by atoms with van der Waals surface area (Å²) in [6, 6.07) is 4.01. The Morgan fingerprint density at radius 1 is 1.38 bits per heavy atom. The quantitative estimate of drug-likeness (QED) is 0.643. The van der Waals surface area contributed by atoms with Crippen LogP contribution in [0.15, 0.2) is 23.3 Å². The number of aliphatic imine (C=N–C) groups is 1. The first-order valence-electron chi connectivity index (χ1n) is 9.36. The molecule has 1 N–H and O–H groups in total. The van der Waals surface area contributed by atoms with Crippen LogP contribution in [0.3, 0.4) is 0 Å². The van der Waals surface area contributed by atoms with E-state index >= 15 is 0 Å². The van der Waals surface area contributed by atoms with Crippen molar-refractivity contribution in [2.24, 2.45) is 10.4 Å². The second kappa shape index (κ2) is 7.86. The molecule has 0 bridgehead atoms. The van der Waals surface area contributed by atoms with E-state index in [2.05, 4.69) is 35.1 Å². The van der Waals surface area contributed by atoms with Gasteiger partial charge in [-0.1, -0.05) is 19.4 Å². The summed E-state index contributed by atoms with van der Waals surface area (Å²) in [5.41, 5.74) is 1.64. The number of guanidine groups is 1. The fourth-order valence-electron chi connectivity index (χ4n) is 3.66. The highest BCUT2D eigenvalue weighted by Crippen LogP contribution is 2.47. The average Bonchev–Trinajstić information content (AvgIpc) is 3.03. The smallest absolute Gasteiger partial charge is 0.218 e. The third-order valence-electron chi connectivity index (χ3n) is 5.18. The van der Waals surface area contributed by atoms with Gasteiger partial charge in [0.25, 0.3) is 0 Å². The molecule has 5 nitrogen and oxygen atoms in total. The van der Waals surface area contributed by atoms with Crippen LogP contribution in [0.5, 0.6) is 5.88 Å². The molecular weight excluding hydrogens is 300 g/mol. The minimum atomic E-state index is 0.583. The van der Waals surface area contributed by atoms with Gasteiger partial charge in [-0.15, -0.1) is 0 Å². The van der Waals surface area contributed by atoms with E-state index < -0.39 is 0 Å². The van der Waals surface area contributed by atoms with E-state index in [0.29, 0.717) is 18.6 Å². The molecule has 1 aliphatic carbocycles. The maximum atomic E-state index is 5.75. The summed E-state index contributed by atoms with van der Waals surface area (Å²) >= 11 is 0. The summed E-state index contributed by atoms with van der Waals surface area (Å²) < 4.78 is 5.75. The lowest BCUT2D eigenvalue weighted by Crippen LogP contribution is -2.42. The Morgan fingerprint density at radius 3 is 2.92 bits per heavy atom. The highest BCUT2D eigenvalue weighted by molar-refractivity contribution is 5.80. The average molecular weight is 330 g/mol. The number of likely N-dealkylation sites (tertiary alicyclic amines) is 1. The lowest BCUT2D eigenvalue weighted by molar-refractivity contribution is 0.151. The van der Waals surface area contributed by atoms with Gasteiger partial charge >= 0.3 is 0 Å². The molecule has 132 valence electrons. The first-order valence-corrected chi connectivity index (χ1v) is 9.36. The Hall–Kier alpha value is -1.78. The molecule has 0 atom stereocenters. The van der Waals surface area contributed by atoms with Gasteiger partial charge in [0.05, 0.1) is 13.2 Å². The van der Waals surface area contributed by atoms with Crippen molar-refractivity contribution in [2.45, 2.75) is 52.5 Å². The van der Waals surface area contributed by atoms with E-state index in [0.717, 1.165) is 43.5 Å². The Morgan fingerprint density at radius 2 is 2.25 bits per heavy atom. The van der Waals surface area contributed by atoms with E-state index in [1.54, 1.807) is 6.20 Å². The van der Waals surface area contributed by atoms with E-state index in [1.165, 1.54) is 25.7 Å². The maximum Gasteiger partial charge on any atom is 0.218 e. The largest absolute Gasteiger partial charge is 0.477 e. The van der Waals surface area contributed by atoms with Gasteiger partial charge in [-0.05, 0) is 44.1 Å². The van der Waals surface area contributed by atoms with Crippen molar-refractivity contribution in [2.75, 3.05) is 26.2 Å². The second-order valence-corrected chi connectivity index (χ2v) is 7.01. The van der Waals surface area contributed by atoms with Crippen LogP contribution in [-0.2, 0) is 6.54 Å². The third-order valence-corrected chi connectivity index (χ3v) is 5.18. The molecule has 0 amide bonds. The second-order valence-electron chi connectivity index (χ2n) is 7.01. The fourth-order valence-corrected chi connectivity index (χ4v) is 3.66. The number of pyridine rings is 1. The molecule has 2 fully saturated rings. The summed E-state index contributed by atoms with van der Waals surface area (Å²) in [5, 5.41) is 3.46. The van der Waals surface area contributed by atoms with Crippen LogP contribution >= 0.6 is 0 Å². The first-order chi connectivity index (χ1) is 11.8. The van der Waals surface area contributed by atoms with E-state index in [4.69, 9.17) is 9.73 Å². The molecule has 2 heterocycles. The Balaban J connectivity index is 1.68. The summed E-state index contributed by atoms with van der Waals surface area (Å²) in [6.45, 7) is 8.72. The van der Waals surface area contributed by atoms with Gasteiger partial charge in [-0.25, -0.2) is 9.98 Å². The van der Waals surface area contributed by atoms with Crippen LogP contribution in [0.2, 0.25) is 0 Å². The van der Waals surface area contributed by atoms with E-state index in [9.17, 15) is 0 Å². The normalized spacial score (nSPS) is 19.4. The van der Waals surface area contributed by atoms with Crippen molar-refractivity contribution in [1.29, 1.82) is 0 Å². The molecule has 0 radical (unpaired) electrons. The first kappa shape index (κ1) is 17.1. The van der Waals surface area contributed by atoms with E-state index in [-0.39, 0.29) is 0 Å². The Labute approximate surface area is 145 Å². The molecule has 24 heavy (non-hydrogen) atoms. The van der Waals surface area contributed by atoms with Crippen LogP contribution in [0.4, 0.5) is 0 Å². The van der Waals surface area contributed by atoms with Gasteiger partial charge in [0.1, 0.15) is 0 Å². The summed E-state index contributed by atoms with van der Waals surface area (Å²) in [5.74, 6) is 1.75. The van der Waals surface area contributed by atoms with Crippen molar-refractivity contribution in [3.05, 3.63) is 23.9 Å². The van der Waals surface area contributed by atoms with Gasteiger partial charge in [0.15, 0.2) is 5.96 Å². The molecule has 1 spiro atoms. The van der Waals surface area contributed by atoms with E-state index in [1.807, 2.05) is 6.07 Å². The maximum absolute atomic E-state index is 5.75. The number of hydrogen-bond acceptors (Lipinski definition) is 3. The van der Waals surface area contributed by atoms with Crippen LogP contribution < -0.4 is 10.1 Å². The monoisotopic (exact) mass is 330 g/mol. The summed E-state index contributed by atoms with van der Waals surface area (Å²) in [6.07, 6.45) is 8.26. The number of ether oxygens (including phenoxy) is 1. The van der Waals surface area contributed by atoms with Crippen molar-refractivity contribution in [1.82, 2.24) is 15.2 Å². The lowest BCUT2D eigenvalue weighted by Gasteiger charge is -2.38. The number of aromatic nitrogens is 1. The number of nitrogens with one attached hydrogen (secondary N) is 1. The standard InChI is InChI=1S/C19H30N4O/c1-3-13-24-17-16(7-5-11-21-17)14-22-18(20-4-2)23-12-10-19(15-23)8-6-9-19/h5,7,11H,3-4,6,8-10,12-15H2,1-2H3,(H,20,22). The lowest BCUT2D eigenvalue weighted by atomic mass is 9.68. The van der Waals surface area contributed by atoms with Crippen LogP contribution in [0.25, 0.3) is 0 Å². The van der Waals surface area contributed by atoms with Gasteiger partial charge in [0, 0.05) is 31.4 Å². The molecule has 2 aliphatic rings. The van der Waals surface area contributed by atoms with Crippen LogP contribution in [-0.4, -0.2) is 42.1 Å². The Kier molecular flexibility index (Phi) is 5.59. The van der Waals surface area contributed by atoms with Crippen LogP contribution in [0.1, 0.15) is 51.5 Å². The molecule has 1 saturated heterocycles. The zero-order chi connectivity index (χ0) is 16.8. The van der Waals surface area contributed by atoms with Crippen molar-refractivity contribution < 1.29 is 4.74 Å². The molecule has 5 heteroatoms. The van der Waals surface area contributed by atoms with Gasteiger partial charge in [0.2, 0.25) is 5.88 Å². The Bertz CT molecular complexity index is 568. The zero-order valence-electron chi connectivity index (χ0n) is 15.1. The molecule has 1 aromatic heterocycles. The SMILES string of the molecule is CCCOc1ncccc1CN=C(NCC)N1CCC2(CCC2)C1. The van der Waals surface area contributed by atoms with Gasteiger partial charge < -0.3 is 15.0 Å². The molecule has 1 aromatic rings. The number of nitrogens with zero attached hydrogens (tertiary/aromatic N) is 3. The van der Waals surface area contributed by atoms with Crippen LogP contribution in [0, 0.1) is 5.41 Å². The highest BCUT2D eigenvalue weighted by Gasteiger charge is 2.43. The fraction of sp³-hybridized carbons (Fsp3) is 0.684. The van der Waals surface area contributed by atoms with Gasteiger partial charge in [-0.3, -0.25) is 0 Å². The molecule has 0 unspecified atom stereocenters. The summed E-state index contributed by atoms with van der Waals surface area (Å²) in [4.78, 5) is 11.7. The summed E-state index contributed by atoms with van der Waals surface area (Å²) in [7, 11) is 0. The molecule has 3 rings (SSSR count). The number of rotatable bonds is 6. The molecule has 0 aromatic carbocycles. The molecule has 1 saturated carbocycles. The van der Waals surface area contributed by atoms with Crippen molar-refractivity contribution in [3.63, 3.8) is 0 Å². The third kappa shape index (κ3) is 3.82.